The molecule has 0 radical (unpaired) electrons. The largest absolute Gasteiger partial charge is 0.508 e. The molecule has 1 aliphatic rings. The molecule has 2 aromatic carbocycles. The summed E-state index contributed by atoms with van der Waals surface area (Å²) in [6, 6.07) is 6.67. The lowest BCUT2D eigenvalue weighted by molar-refractivity contribution is 0.0197. The van der Waals surface area contributed by atoms with Gasteiger partial charge in [-0.2, -0.15) is 0 Å². The molecule has 0 aromatic heterocycles. The predicted octanol–water partition coefficient (Wildman–Crippen LogP) is 1.55. The van der Waals surface area contributed by atoms with Gasteiger partial charge in [-0.15, -0.1) is 0 Å². The summed E-state index contributed by atoms with van der Waals surface area (Å²) in [5, 5.41) is 48.3. The summed E-state index contributed by atoms with van der Waals surface area (Å²) in [4.78, 5) is 0. The van der Waals surface area contributed by atoms with Crippen molar-refractivity contribution in [3.05, 3.63) is 41.5 Å². The van der Waals surface area contributed by atoms with Gasteiger partial charge in [-0.3, -0.25) is 0 Å². The highest BCUT2D eigenvalue weighted by molar-refractivity contribution is 5.52. The number of benzene rings is 2. The zero-order chi connectivity index (χ0) is 15.1. The number of phenols is 4. The Balaban J connectivity index is 2.00. The molecule has 0 amide bonds. The first-order valence-electron chi connectivity index (χ1n) is 6.37. The van der Waals surface area contributed by atoms with E-state index in [1.54, 1.807) is 0 Å². The molecule has 0 spiro atoms. The average molecular weight is 290 g/mol. The van der Waals surface area contributed by atoms with Crippen LogP contribution in [0, 0.1) is 0 Å². The maximum Gasteiger partial charge on any atom is 0.157 e. The lowest BCUT2D eigenvalue weighted by Crippen LogP contribution is -2.30. The molecule has 0 aliphatic carbocycles. The van der Waals surface area contributed by atoms with Gasteiger partial charge in [0, 0.05) is 24.1 Å². The van der Waals surface area contributed by atoms with E-state index in [1.165, 1.54) is 30.3 Å². The van der Waals surface area contributed by atoms with Crippen molar-refractivity contribution in [3.63, 3.8) is 0 Å². The summed E-state index contributed by atoms with van der Waals surface area (Å²) in [5.74, 6) is -0.589. The lowest BCUT2D eigenvalue weighted by Gasteiger charge is -2.31. The van der Waals surface area contributed by atoms with E-state index >= 15 is 0 Å². The standard InChI is InChI=1S/C15H14O6/c16-8-4-11(18)9-6-13(20)15(21-14(9)5-8)7-1-2-10(17)12(19)3-7/h1-5,13,15-20H,6H2/t13-,15?/m1/s1. The second-order valence-electron chi connectivity index (χ2n) is 5.00. The quantitative estimate of drug-likeness (QED) is 0.510. The van der Waals surface area contributed by atoms with E-state index in [1.807, 2.05) is 0 Å². The molecule has 3 rings (SSSR count). The van der Waals surface area contributed by atoms with Crippen molar-refractivity contribution in [2.45, 2.75) is 18.6 Å². The second-order valence-corrected chi connectivity index (χ2v) is 5.00. The molecular formula is C15H14O6. The SMILES string of the molecule is Oc1cc(O)c2c(c1)OC(c1ccc(O)c(O)c1)[C@H](O)C2. The number of fused-ring (bicyclic) bond motifs is 1. The molecule has 2 atom stereocenters. The molecule has 1 unspecified atom stereocenters. The monoisotopic (exact) mass is 290 g/mol. The fraction of sp³-hybridized carbons (Fsp3) is 0.200. The number of aromatic hydroxyl groups is 4. The first-order chi connectivity index (χ1) is 9.95. The Morgan fingerprint density at radius 1 is 0.905 bits per heavy atom. The smallest absolute Gasteiger partial charge is 0.157 e. The summed E-state index contributed by atoms with van der Waals surface area (Å²) in [6.45, 7) is 0. The summed E-state index contributed by atoms with van der Waals surface area (Å²) >= 11 is 0. The van der Waals surface area contributed by atoms with Crippen molar-refractivity contribution in [2.75, 3.05) is 0 Å². The Bertz CT molecular complexity index is 697. The zero-order valence-corrected chi connectivity index (χ0v) is 10.9. The minimum Gasteiger partial charge on any atom is -0.508 e. The van der Waals surface area contributed by atoms with Crippen LogP contribution in [0.5, 0.6) is 28.7 Å². The van der Waals surface area contributed by atoms with Gasteiger partial charge in [-0.1, -0.05) is 6.07 Å². The second kappa shape index (κ2) is 4.75. The molecular weight excluding hydrogens is 276 g/mol. The van der Waals surface area contributed by atoms with Gasteiger partial charge in [0.2, 0.25) is 0 Å². The van der Waals surface area contributed by atoms with E-state index in [2.05, 4.69) is 0 Å². The minimum atomic E-state index is -0.933. The van der Waals surface area contributed by atoms with Gasteiger partial charge in [0.25, 0.3) is 0 Å². The third kappa shape index (κ3) is 2.30. The van der Waals surface area contributed by atoms with Gasteiger partial charge in [0.1, 0.15) is 23.4 Å². The molecule has 6 heteroatoms. The highest BCUT2D eigenvalue weighted by atomic mass is 16.5. The lowest BCUT2D eigenvalue weighted by atomic mass is 9.94. The van der Waals surface area contributed by atoms with E-state index in [9.17, 15) is 25.5 Å². The zero-order valence-electron chi connectivity index (χ0n) is 10.9. The van der Waals surface area contributed by atoms with Crippen LogP contribution in [0.15, 0.2) is 30.3 Å². The van der Waals surface area contributed by atoms with Gasteiger partial charge < -0.3 is 30.3 Å². The molecule has 0 saturated carbocycles. The minimum absolute atomic E-state index is 0.143. The summed E-state index contributed by atoms with van der Waals surface area (Å²) in [7, 11) is 0. The maximum absolute atomic E-state index is 10.2. The topological polar surface area (TPSA) is 110 Å². The summed E-state index contributed by atoms with van der Waals surface area (Å²) in [5.41, 5.74) is 0.894. The Morgan fingerprint density at radius 3 is 2.38 bits per heavy atom. The number of aliphatic hydroxyl groups excluding tert-OH is 1. The first kappa shape index (κ1) is 13.4. The molecule has 0 saturated heterocycles. The molecule has 1 aliphatic heterocycles. The third-order valence-electron chi connectivity index (χ3n) is 3.51. The van der Waals surface area contributed by atoms with Crippen LogP contribution in [-0.2, 0) is 6.42 Å². The first-order valence-corrected chi connectivity index (χ1v) is 6.37. The van der Waals surface area contributed by atoms with Crippen molar-refractivity contribution in [3.8, 4) is 28.7 Å². The molecule has 21 heavy (non-hydrogen) atoms. The highest BCUT2D eigenvalue weighted by Crippen LogP contribution is 2.42. The van der Waals surface area contributed by atoms with E-state index < -0.39 is 12.2 Å². The van der Waals surface area contributed by atoms with Gasteiger partial charge in [-0.05, 0) is 17.7 Å². The van der Waals surface area contributed by atoms with Crippen LogP contribution in [-0.4, -0.2) is 31.6 Å². The van der Waals surface area contributed by atoms with Crippen LogP contribution < -0.4 is 4.74 Å². The van der Waals surface area contributed by atoms with Gasteiger partial charge in [0.05, 0.1) is 6.10 Å². The fourth-order valence-electron chi connectivity index (χ4n) is 2.47. The molecule has 2 aromatic rings. The van der Waals surface area contributed by atoms with Crippen molar-refractivity contribution in [1.29, 1.82) is 0 Å². The van der Waals surface area contributed by atoms with E-state index in [0.717, 1.165) is 0 Å². The molecule has 5 N–H and O–H groups in total. The number of phenolic OH excluding ortho intramolecular Hbond substituents is 4. The molecule has 1 heterocycles. The molecule has 110 valence electrons. The fourth-order valence-corrected chi connectivity index (χ4v) is 2.47. The van der Waals surface area contributed by atoms with Crippen LogP contribution in [0.25, 0.3) is 0 Å². The highest BCUT2D eigenvalue weighted by Gasteiger charge is 2.32. The molecule has 0 bridgehead atoms. The van der Waals surface area contributed by atoms with Crippen molar-refractivity contribution in [1.82, 2.24) is 0 Å². The molecule has 6 nitrogen and oxygen atoms in total. The Kier molecular flexibility index (Phi) is 3.03. The summed E-state index contributed by atoms with van der Waals surface area (Å²) in [6.07, 6.45) is -1.56. The van der Waals surface area contributed by atoms with Gasteiger partial charge in [0.15, 0.2) is 11.5 Å². The predicted molar refractivity (Wildman–Crippen MR) is 72.6 cm³/mol. The number of hydrogen-bond acceptors (Lipinski definition) is 6. The number of aliphatic hydroxyl groups is 1. The number of hydrogen-bond donors (Lipinski definition) is 5. The van der Waals surface area contributed by atoms with Crippen LogP contribution in [0.4, 0.5) is 0 Å². The van der Waals surface area contributed by atoms with Gasteiger partial charge in [-0.25, -0.2) is 0 Å². The van der Waals surface area contributed by atoms with E-state index in [4.69, 9.17) is 4.74 Å². The number of ether oxygens (including phenoxy) is 1. The Hall–Kier alpha value is -2.60. The van der Waals surface area contributed by atoms with Gasteiger partial charge >= 0.3 is 0 Å². The third-order valence-corrected chi connectivity index (χ3v) is 3.51. The van der Waals surface area contributed by atoms with E-state index in [-0.39, 0.29) is 35.2 Å². The maximum atomic E-state index is 10.2. The van der Waals surface area contributed by atoms with E-state index in [0.29, 0.717) is 11.1 Å². The Labute approximate surface area is 120 Å². The summed E-state index contributed by atoms with van der Waals surface area (Å²) < 4.78 is 5.62. The van der Waals surface area contributed by atoms with Crippen molar-refractivity contribution in [2.24, 2.45) is 0 Å². The van der Waals surface area contributed by atoms with Crippen LogP contribution >= 0.6 is 0 Å². The van der Waals surface area contributed by atoms with Crippen molar-refractivity contribution >= 4 is 0 Å². The van der Waals surface area contributed by atoms with Crippen LogP contribution in [0.3, 0.4) is 0 Å². The van der Waals surface area contributed by atoms with Crippen LogP contribution in [0.2, 0.25) is 0 Å². The Morgan fingerprint density at radius 2 is 1.67 bits per heavy atom. The number of rotatable bonds is 1. The van der Waals surface area contributed by atoms with Crippen molar-refractivity contribution < 1.29 is 30.3 Å². The van der Waals surface area contributed by atoms with Crippen LogP contribution in [0.1, 0.15) is 17.2 Å². The molecule has 0 fully saturated rings. The normalized spacial score (nSPS) is 20.6. The average Bonchev–Trinajstić information content (AvgIpc) is 2.42.